The third kappa shape index (κ3) is 4.39. The van der Waals surface area contributed by atoms with Crippen molar-refractivity contribution in [2.45, 2.75) is 19.8 Å². The Bertz CT molecular complexity index is 1290. The molecule has 7 nitrogen and oxygen atoms in total. The first-order valence-corrected chi connectivity index (χ1v) is 10.9. The standard InChI is InChI=1S/C27H24N2O5/c1-3-31-22-11-7-5-9-18(22)25-19-14-13-17(15-24(19)34-26(29)21(25)16-28)33-27(30)20-10-6-8-12-23(20)32-4-2/h5-15,25H,3-4,29H2,1-2H3. The predicted octanol–water partition coefficient (Wildman–Crippen LogP) is 4.92. The van der Waals surface area contributed by atoms with Crippen LogP contribution in [0.2, 0.25) is 0 Å². The summed E-state index contributed by atoms with van der Waals surface area (Å²) in [6, 6.07) is 21.6. The van der Waals surface area contributed by atoms with Crippen LogP contribution >= 0.6 is 0 Å². The highest BCUT2D eigenvalue weighted by molar-refractivity contribution is 5.94. The molecule has 2 N–H and O–H groups in total. The molecule has 0 saturated heterocycles. The normalized spacial score (nSPS) is 14.4. The van der Waals surface area contributed by atoms with E-state index >= 15 is 0 Å². The number of nitrogens with zero attached hydrogens (tertiary/aromatic N) is 1. The lowest BCUT2D eigenvalue weighted by atomic mass is 9.83. The van der Waals surface area contributed by atoms with Gasteiger partial charge in [-0.2, -0.15) is 5.26 Å². The number of para-hydroxylation sites is 2. The Morgan fingerprint density at radius 3 is 2.38 bits per heavy atom. The van der Waals surface area contributed by atoms with Crippen molar-refractivity contribution >= 4 is 5.97 Å². The van der Waals surface area contributed by atoms with E-state index in [0.717, 1.165) is 5.56 Å². The van der Waals surface area contributed by atoms with Crippen LogP contribution in [0.3, 0.4) is 0 Å². The van der Waals surface area contributed by atoms with Crippen molar-refractivity contribution in [1.29, 1.82) is 5.26 Å². The minimum Gasteiger partial charge on any atom is -0.494 e. The van der Waals surface area contributed by atoms with Crippen molar-refractivity contribution in [2.24, 2.45) is 5.73 Å². The molecular formula is C27H24N2O5. The maximum atomic E-state index is 12.8. The molecule has 1 aliphatic heterocycles. The van der Waals surface area contributed by atoms with Crippen LogP contribution in [0.15, 0.2) is 78.2 Å². The van der Waals surface area contributed by atoms with E-state index in [-0.39, 0.29) is 17.2 Å². The highest BCUT2D eigenvalue weighted by atomic mass is 16.5. The molecule has 3 aromatic carbocycles. The number of fused-ring (bicyclic) bond motifs is 1. The van der Waals surface area contributed by atoms with Crippen molar-refractivity contribution < 1.29 is 23.7 Å². The molecule has 0 bridgehead atoms. The number of hydrogen-bond acceptors (Lipinski definition) is 7. The van der Waals surface area contributed by atoms with Gasteiger partial charge in [0.15, 0.2) is 0 Å². The molecule has 1 aliphatic rings. The molecule has 172 valence electrons. The molecule has 0 spiro atoms. The van der Waals surface area contributed by atoms with E-state index in [1.807, 2.05) is 38.1 Å². The molecule has 1 unspecified atom stereocenters. The summed E-state index contributed by atoms with van der Waals surface area (Å²) in [4.78, 5) is 12.8. The van der Waals surface area contributed by atoms with Gasteiger partial charge in [-0.05, 0) is 38.1 Å². The minimum absolute atomic E-state index is 0.00327. The van der Waals surface area contributed by atoms with Gasteiger partial charge >= 0.3 is 5.97 Å². The third-order valence-electron chi connectivity index (χ3n) is 5.34. The van der Waals surface area contributed by atoms with Crippen molar-refractivity contribution in [3.63, 3.8) is 0 Å². The number of carbonyl (C=O) groups excluding carboxylic acids is 1. The Kier molecular flexibility index (Phi) is 6.69. The zero-order chi connectivity index (χ0) is 24.1. The van der Waals surface area contributed by atoms with Gasteiger partial charge in [0.2, 0.25) is 5.88 Å². The molecule has 1 atom stereocenters. The van der Waals surface area contributed by atoms with Crippen LogP contribution < -0.4 is 24.7 Å². The van der Waals surface area contributed by atoms with E-state index in [0.29, 0.717) is 41.6 Å². The van der Waals surface area contributed by atoms with Crippen LogP contribution in [0, 0.1) is 11.3 Å². The number of nitrogens with two attached hydrogens (primary N) is 1. The van der Waals surface area contributed by atoms with E-state index in [9.17, 15) is 10.1 Å². The number of ether oxygens (including phenoxy) is 4. The van der Waals surface area contributed by atoms with Gasteiger partial charge in [-0.1, -0.05) is 36.4 Å². The minimum atomic E-state index is -0.556. The van der Waals surface area contributed by atoms with Crippen LogP contribution in [0.1, 0.15) is 41.3 Å². The predicted molar refractivity (Wildman–Crippen MR) is 126 cm³/mol. The molecule has 34 heavy (non-hydrogen) atoms. The average Bonchev–Trinajstić information content (AvgIpc) is 2.84. The van der Waals surface area contributed by atoms with Gasteiger partial charge in [0.05, 0.1) is 19.1 Å². The van der Waals surface area contributed by atoms with Crippen molar-refractivity contribution in [2.75, 3.05) is 13.2 Å². The maximum Gasteiger partial charge on any atom is 0.347 e. The zero-order valence-electron chi connectivity index (χ0n) is 18.9. The molecule has 0 radical (unpaired) electrons. The van der Waals surface area contributed by atoms with E-state index in [2.05, 4.69) is 6.07 Å². The van der Waals surface area contributed by atoms with Crippen molar-refractivity contribution in [3.05, 3.63) is 94.9 Å². The van der Waals surface area contributed by atoms with Crippen LogP contribution in [-0.4, -0.2) is 19.2 Å². The Morgan fingerprint density at radius 1 is 0.971 bits per heavy atom. The maximum absolute atomic E-state index is 12.8. The van der Waals surface area contributed by atoms with Crippen molar-refractivity contribution in [1.82, 2.24) is 0 Å². The summed E-state index contributed by atoms with van der Waals surface area (Å²) in [6.45, 7) is 4.64. The second kappa shape index (κ2) is 10.0. The summed E-state index contributed by atoms with van der Waals surface area (Å²) in [7, 11) is 0. The third-order valence-corrected chi connectivity index (χ3v) is 5.34. The van der Waals surface area contributed by atoms with Crippen LogP contribution in [0.5, 0.6) is 23.0 Å². The summed E-state index contributed by atoms with van der Waals surface area (Å²) in [5.41, 5.74) is 8.24. The molecule has 0 fully saturated rings. The first kappa shape index (κ1) is 22.7. The van der Waals surface area contributed by atoms with Gasteiger partial charge in [0, 0.05) is 17.2 Å². The molecule has 0 amide bonds. The largest absolute Gasteiger partial charge is 0.494 e. The molecule has 7 heteroatoms. The van der Waals surface area contributed by atoms with Gasteiger partial charge in [0.1, 0.15) is 40.2 Å². The quantitative estimate of drug-likeness (QED) is 0.397. The molecule has 4 rings (SSSR count). The Morgan fingerprint density at radius 2 is 1.65 bits per heavy atom. The summed E-state index contributed by atoms with van der Waals surface area (Å²) < 4.78 is 22.7. The van der Waals surface area contributed by atoms with Gasteiger partial charge in [-0.15, -0.1) is 0 Å². The van der Waals surface area contributed by atoms with Crippen LogP contribution in [0.25, 0.3) is 0 Å². The fraction of sp³-hybridized carbons (Fsp3) is 0.185. The number of nitriles is 1. The zero-order valence-corrected chi connectivity index (χ0v) is 18.9. The number of rotatable bonds is 7. The topological polar surface area (TPSA) is 104 Å². The SMILES string of the molecule is CCOc1ccccc1C(=O)Oc1ccc2c(c1)OC(N)=C(C#N)C2c1ccccc1OCC. The summed E-state index contributed by atoms with van der Waals surface area (Å²) in [5, 5.41) is 9.82. The number of carbonyl (C=O) groups is 1. The van der Waals surface area contributed by atoms with E-state index in [1.165, 1.54) is 0 Å². The second-order valence-electron chi connectivity index (χ2n) is 7.41. The van der Waals surface area contributed by atoms with Gasteiger partial charge in [-0.3, -0.25) is 0 Å². The fourth-order valence-electron chi connectivity index (χ4n) is 3.90. The lowest BCUT2D eigenvalue weighted by molar-refractivity contribution is 0.0730. The Labute approximate surface area is 197 Å². The van der Waals surface area contributed by atoms with Gasteiger partial charge in [-0.25, -0.2) is 4.79 Å². The van der Waals surface area contributed by atoms with E-state index in [4.69, 9.17) is 24.7 Å². The van der Waals surface area contributed by atoms with Crippen molar-refractivity contribution in [3.8, 4) is 29.1 Å². The van der Waals surface area contributed by atoms with E-state index in [1.54, 1.807) is 42.5 Å². The van der Waals surface area contributed by atoms with Crippen LogP contribution in [-0.2, 0) is 0 Å². The van der Waals surface area contributed by atoms with E-state index < -0.39 is 11.9 Å². The molecular weight excluding hydrogens is 432 g/mol. The fourth-order valence-corrected chi connectivity index (χ4v) is 3.90. The first-order chi connectivity index (χ1) is 16.6. The smallest absolute Gasteiger partial charge is 0.347 e. The first-order valence-electron chi connectivity index (χ1n) is 10.9. The highest BCUT2D eigenvalue weighted by Gasteiger charge is 2.33. The molecule has 0 aliphatic carbocycles. The molecule has 0 saturated carbocycles. The number of allylic oxidation sites excluding steroid dienone is 1. The van der Waals surface area contributed by atoms with Gasteiger partial charge < -0.3 is 24.7 Å². The van der Waals surface area contributed by atoms with Crippen LogP contribution in [0.4, 0.5) is 0 Å². The average molecular weight is 456 g/mol. The molecule has 0 aromatic heterocycles. The lowest BCUT2D eigenvalue weighted by Gasteiger charge is -2.27. The number of hydrogen-bond donors (Lipinski definition) is 1. The van der Waals surface area contributed by atoms with Gasteiger partial charge in [0.25, 0.3) is 0 Å². The summed E-state index contributed by atoms with van der Waals surface area (Å²) >= 11 is 0. The Hall–Kier alpha value is -4.44. The number of esters is 1. The second-order valence-corrected chi connectivity index (χ2v) is 7.41. The monoisotopic (exact) mass is 456 g/mol. The Balaban J connectivity index is 1.70. The number of benzene rings is 3. The highest BCUT2D eigenvalue weighted by Crippen LogP contribution is 2.46. The molecule has 1 heterocycles. The molecule has 3 aromatic rings. The summed E-state index contributed by atoms with van der Waals surface area (Å²) in [5.74, 6) is 0.737. The lowest BCUT2D eigenvalue weighted by Crippen LogP contribution is -2.21. The summed E-state index contributed by atoms with van der Waals surface area (Å²) in [6.07, 6.45) is 0.